The lowest BCUT2D eigenvalue weighted by molar-refractivity contribution is 0.382. The van der Waals surface area contributed by atoms with Gasteiger partial charge in [0, 0.05) is 25.1 Å². The number of nitrogens with zero attached hydrogens (tertiary/aromatic N) is 6. The first-order chi connectivity index (χ1) is 14.8. The molecule has 0 saturated carbocycles. The van der Waals surface area contributed by atoms with Gasteiger partial charge in [-0.05, 0) is 18.1 Å². The van der Waals surface area contributed by atoms with Gasteiger partial charge in [0.15, 0.2) is 11.6 Å². The van der Waals surface area contributed by atoms with Gasteiger partial charge in [-0.2, -0.15) is 9.29 Å². The molecule has 0 radical (unpaired) electrons. The molecule has 31 heavy (non-hydrogen) atoms. The highest BCUT2D eigenvalue weighted by Gasteiger charge is 2.23. The molecular formula is C19H27N7O3S2. The molecule has 2 heterocycles. The molecule has 0 amide bonds. The van der Waals surface area contributed by atoms with E-state index in [9.17, 15) is 8.42 Å². The third kappa shape index (κ3) is 5.25. The maximum Gasteiger partial charge on any atom is 0.243 e. The van der Waals surface area contributed by atoms with Gasteiger partial charge in [0.05, 0.1) is 10.6 Å². The van der Waals surface area contributed by atoms with E-state index in [1.54, 1.807) is 38.1 Å². The van der Waals surface area contributed by atoms with Gasteiger partial charge < -0.3 is 10.4 Å². The zero-order chi connectivity index (χ0) is 22.6. The van der Waals surface area contributed by atoms with E-state index in [2.05, 4.69) is 34.2 Å². The topological polar surface area (TPSA) is 133 Å². The van der Waals surface area contributed by atoms with E-state index in [0.29, 0.717) is 53.0 Å². The van der Waals surface area contributed by atoms with Crippen molar-refractivity contribution in [2.24, 2.45) is 5.92 Å². The van der Waals surface area contributed by atoms with E-state index in [4.69, 9.17) is 10.4 Å². The Morgan fingerprint density at radius 2 is 1.97 bits per heavy atom. The summed E-state index contributed by atoms with van der Waals surface area (Å²) in [6.45, 7) is 8.58. The van der Waals surface area contributed by atoms with E-state index < -0.39 is 10.0 Å². The summed E-state index contributed by atoms with van der Waals surface area (Å²) in [4.78, 5) is 4.55. The van der Waals surface area contributed by atoms with Crippen LogP contribution in [0.4, 0.5) is 0 Å². The quantitative estimate of drug-likeness (QED) is 0.354. The molecule has 0 aliphatic rings. The number of hydrogen-bond acceptors (Lipinski definition) is 9. The second-order valence-corrected chi connectivity index (χ2v) is 10.2. The second-order valence-electron chi connectivity index (χ2n) is 7.28. The number of nitrogens with two attached hydrogens (primary N) is 1. The number of sulfonamides is 1. The molecule has 1 aromatic carbocycles. The maximum absolute atomic E-state index is 12.8. The van der Waals surface area contributed by atoms with E-state index in [-0.39, 0.29) is 4.90 Å². The van der Waals surface area contributed by atoms with Gasteiger partial charge in [-0.15, -0.1) is 10.2 Å². The first-order valence-corrected chi connectivity index (χ1v) is 12.4. The van der Waals surface area contributed by atoms with Crippen molar-refractivity contribution >= 4 is 21.8 Å². The summed E-state index contributed by atoms with van der Waals surface area (Å²) < 4.78 is 33.6. The lowest BCUT2D eigenvalue weighted by Gasteiger charge is -2.18. The first kappa shape index (κ1) is 23.2. The molecule has 0 aliphatic heterocycles. The van der Waals surface area contributed by atoms with Crippen molar-refractivity contribution in [1.82, 2.24) is 29.3 Å². The van der Waals surface area contributed by atoms with Crippen LogP contribution < -0.4 is 5.84 Å². The van der Waals surface area contributed by atoms with Gasteiger partial charge >= 0.3 is 0 Å². The van der Waals surface area contributed by atoms with Crippen molar-refractivity contribution in [3.8, 4) is 11.4 Å². The fraction of sp³-hybridized carbons (Fsp3) is 0.474. The van der Waals surface area contributed by atoms with Gasteiger partial charge in [0.1, 0.15) is 0 Å². The molecule has 0 saturated heterocycles. The number of hydrogen-bond donors (Lipinski definition) is 1. The summed E-state index contributed by atoms with van der Waals surface area (Å²) in [5.41, 5.74) is 0.562. The second kappa shape index (κ2) is 9.79. The van der Waals surface area contributed by atoms with Crippen molar-refractivity contribution in [3.05, 3.63) is 36.0 Å². The normalized spacial score (nSPS) is 12.2. The number of thioether (sulfide) groups is 1. The standard InChI is InChI=1S/C19H27N7O3S2/c1-5-25(6-2)31(27,28)15-9-7-8-14(11-15)18-22-23-19(26(18)20)30-12-17-21-16(24-29-17)10-13(3)4/h7-9,11,13H,5-6,10,12,20H2,1-4H3. The Hall–Kier alpha value is -2.44. The summed E-state index contributed by atoms with van der Waals surface area (Å²) in [6, 6.07) is 6.54. The van der Waals surface area contributed by atoms with E-state index >= 15 is 0 Å². The highest BCUT2D eigenvalue weighted by Crippen LogP contribution is 2.26. The summed E-state index contributed by atoms with van der Waals surface area (Å²) >= 11 is 1.31. The third-order valence-corrected chi connectivity index (χ3v) is 7.50. The molecule has 0 unspecified atom stereocenters. The molecule has 12 heteroatoms. The van der Waals surface area contributed by atoms with Crippen molar-refractivity contribution in [1.29, 1.82) is 0 Å². The van der Waals surface area contributed by atoms with Gasteiger partial charge in [-0.3, -0.25) is 0 Å². The van der Waals surface area contributed by atoms with Crippen molar-refractivity contribution < 1.29 is 12.9 Å². The molecule has 0 spiro atoms. The van der Waals surface area contributed by atoms with E-state index in [1.165, 1.54) is 20.7 Å². The summed E-state index contributed by atoms with van der Waals surface area (Å²) in [5, 5.41) is 12.7. The minimum atomic E-state index is -3.59. The molecule has 0 bridgehead atoms. The summed E-state index contributed by atoms with van der Waals surface area (Å²) in [5.74, 6) is 8.55. The molecule has 168 valence electrons. The molecule has 0 atom stereocenters. The Balaban J connectivity index is 1.78. The minimum absolute atomic E-state index is 0.189. The van der Waals surface area contributed by atoms with Crippen LogP contribution in [0.5, 0.6) is 0 Å². The first-order valence-electron chi connectivity index (χ1n) is 10.0. The number of rotatable bonds is 10. The fourth-order valence-electron chi connectivity index (χ4n) is 3.00. The average Bonchev–Trinajstić information content (AvgIpc) is 3.33. The third-order valence-electron chi connectivity index (χ3n) is 4.53. The van der Waals surface area contributed by atoms with Crippen molar-refractivity contribution in [2.45, 2.75) is 49.9 Å². The molecular weight excluding hydrogens is 438 g/mol. The molecule has 10 nitrogen and oxygen atoms in total. The average molecular weight is 466 g/mol. The van der Waals surface area contributed by atoms with Crippen molar-refractivity contribution in [2.75, 3.05) is 18.9 Å². The minimum Gasteiger partial charge on any atom is -0.338 e. The molecule has 2 N–H and O–H groups in total. The monoisotopic (exact) mass is 465 g/mol. The Kier molecular flexibility index (Phi) is 7.34. The van der Waals surface area contributed by atoms with E-state index in [0.717, 1.165) is 6.42 Å². The number of benzene rings is 1. The van der Waals surface area contributed by atoms with Gasteiger partial charge in [-0.1, -0.05) is 56.7 Å². The highest BCUT2D eigenvalue weighted by atomic mass is 32.2. The lowest BCUT2D eigenvalue weighted by Crippen LogP contribution is -2.30. The smallest absolute Gasteiger partial charge is 0.243 e. The highest BCUT2D eigenvalue weighted by molar-refractivity contribution is 7.98. The Morgan fingerprint density at radius 1 is 1.23 bits per heavy atom. The van der Waals surface area contributed by atoms with E-state index in [1.807, 2.05) is 0 Å². The SMILES string of the molecule is CCN(CC)S(=O)(=O)c1cccc(-c2nnc(SCc3nc(CC(C)C)no3)n2N)c1. The van der Waals surface area contributed by atoms with Crippen molar-refractivity contribution in [3.63, 3.8) is 0 Å². The van der Waals surface area contributed by atoms with Gasteiger partial charge in [0.25, 0.3) is 0 Å². The fourth-order valence-corrected chi connectivity index (χ4v) is 5.20. The van der Waals surface area contributed by atoms with Crippen LogP contribution in [-0.2, 0) is 22.2 Å². The molecule has 3 aromatic rings. The van der Waals surface area contributed by atoms with Gasteiger partial charge in [0.2, 0.25) is 21.1 Å². The van der Waals surface area contributed by atoms with Crippen LogP contribution in [0.1, 0.15) is 39.4 Å². The predicted molar refractivity (Wildman–Crippen MR) is 118 cm³/mol. The lowest BCUT2D eigenvalue weighted by atomic mass is 10.1. The predicted octanol–water partition coefficient (Wildman–Crippen LogP) is 2.56. The summed E-state index contributed by atoms with van der Waals surface area (Å²) in [6.07, 6.45) is 0.748. The van der Waals surface area contributed by atoms with Crippen LogP contribution in [0.15, 0.2) is 38.8 Å². The van der Waals surface area contributed by atoms with Crippen LogP contribution >= 0.6 is 11.8 Å². The van der Waals surface area contributed by atoms with Crippen LogP contribution in [0.3, 0.4) is 0 Å². The molecule has 3 rings (SSSR count). The van der Waals surface area contributed by atoms with Crippen LogP contribution in [0.2, 0.25) is 0 Å². The van der Waals surface area contributed by atoms with Gasteiger partial charge in [-0.25, -0.2) is 13.1 Å². The van der Waals surface area contributed by atoms with Crippen LogP contribution in [0, 0.1) is 5.92 Å². The Bertz CT molecular complexity index is 1120. The Morgan fingerprint density at radius 3 is 2.65 bits per heavy atom. The number of nitrogen functional groups attached to an aromatic ring is 1. The molecule has 0 aliphatic carbocycles. The maximum atomic E-state index is 12.8. The molecule has 0 fully saturated rings. The number of aromatic nitrogens is 5. The zero-order valence-corrected chi connectivity index (χ0v) is 19.7. The van der Waals surface area contributed by atoms with Crippen LogP contribution in [0.25, 0.3) is 11.4 Å². The van der Waals surface area contributed by atoms with Crippen LogP contribution in [-0.4, -0.2) is 50.8 Å². The molecule has 2 aromatic heterocycles. The zero-order valence-electron chi connectivity index (χ0n) is 18.0. The largest absolute Gasteiger partial charge is 0.338 e. The Labute approximate surface area is 186 Å². The summed E-state index contributed by atoms with van der Waals surface area (Å²) in [7, 11) is -3.59.